The fourth-order valence-corrected chi connectivity index (χ4v) is 2.13. The molecule has 1 heterocycles. The molecule has 0 aliphatic heterocycles. The van der Waals surface area contributed by atoms with Crippen LogP contribution in [0.4, 0.5) is 5.69 Å². The van der Waals surface area contributed by atoms with Gasteiger partial charge in [-0.25, -0.2) is 0 Å². The average Bonchev–Trinajstić information content (AvgIpc) is 2.98. The lowest BCUT2D eigenvalue weighted by Gasteiger charge is -2.07. The van der Waals surface area contributed by atoms with Crippen LogP contribution in [0.1, 0.15) is 41.9 Å². The summed E-state index contributed by atoms with van der Waals surface area (Å²) >= 11 is 0. The van der Waals surface area contributed by atoms with Crippen LogP contribution < -0.4 is 10.6 Å². The molecule has 0 bridgehead atoms. The number of rotatable bonds is 7. The van der Waals surface area contributed by atoms with E-state index in [0.717, 1.165) is 25.2 Å². The van der Waals surface area contributed by atoms with E-state index >= 15 is 0 Å². The Bertz CT molecular complexity index is 573. The van der Waals surface area contributed by atoms with Gasteiger partial charge in [0.05, 0.1) is 11.8 Å². The lowest BCUT2D eigenvalue weighted by Crippen LogP contribution is -2.14. The van der Waals surface area contributed by atoms with Gasteiger partial charge in [0.2, 0.25) is 0 Å². The van der Waals surface area contributed by atoms with Gasteiger partial charge in [0.15, 0.2) is 0 Å². The highest BCUT2D eigenvalue weighted by atomic mass is 16.3. The highest BCUT2D eigenvalue weighted by Crippen LogP contribution is 2.15. The van der Waals surface area contributed by atoms with Gasteiger partial charge in [0.25, 0.3) is 5.91 Å². The number of carbonyl (C=O) groups is 1. The van der Waals surface area contributed by atoms with Crippen LogP contribution >= 0.6 is 0 Å². The van der Waals surface area contributed by atoms with Crippen LogP contribution in [0.5, 0.6) is 0 Å². The van der Waals surface area contributed by atoms with Gasteiger partial charge in [-0.1, -0.05) is 26.0 Å². The minimum absolute atomic E-state index is 0.127. The summed E-state index contributed by atoms with van der Waals surface area (Å²) in [6.07, 6.45) is 3.38. The molecular weight excluding hydrogens is 264 g/mol. The Morgan fingerprint density at radius 2 is 1.90 bits per heavy atom. The van der Waals surface area contributed by atoms with Crippen LogP contribution in [-0.4, -0.2) is 12.5 Å². The van der Waals surface area contributed by atoms with Crippen LogP contribution in [0.25, 0.3) is 0 Å². The van der Waals surface area contributed by atoms with E-state index in [0.29, 0.717) is 17.7 Å². The number of benzene rings is 1. The second kappa shape index (κ2) is 7.64. The minimum Gasteiger partial charge on any atom is -0.469 e. The number of amides is 1. The molecule has 0 unspecified atom stereocenters. The number of carbonyl (C=O) groups excluding carboxylic acids is 1. The number of anilines is 1. The van der Waals surface area contributed by atoms with Gasteiger partial charge in [-0.3, -0.25) is 4.79 Å². The highest BCUT2D eigenvalue weighted by Gasteiger charge is 2.13. The Labute approximate surface area is 125 Å². The molecule has 0 saturated carbocycles. The van der Waals surface area contributed by atoms with E-state index in [1.807, 2.05) is 31.2 Å². The molecule has 112 valence electrons. The largest absolute Gasteiger partial charge is 0.469 e. The number of aryl methyl sites for hydroxylation is 1. The van der Waals surface area contributed by atoms with Gasteiger partial charge in [0.1, 0.15) is 5.76 Å². The number of hydrogen-bond acceptors (Lipinski definition) is 3. The highest BCUT2D eigenvalue weighted by molar-refractivity contribution is 6.04. The molecule has 0 aliphatic rings. The average molecular weight is 286 g/mol. The number of furan rings is 1. The molecule has 1 aromatic carbocycles. The molecule has 2 aromatic rings. The summed E-state index contributed by atoms with van der Waals surface area (Å²) in [5.41, 5.74) is 2.60. The van der Waals surface area contributed by atoms with Gasteiger partial charge in [0, 0.05) is 18.7 Å². The van der Waals surface area contributed by atoms with E-state index < -0.39 is 0 Å². The normalized spacial score (nSPS) is 10.6. The molecule has 2 N–H and O–H groups in total. The van der Waals surface area contributed by atoms with Crippen LogP contribution in [0.3, 0.4) is 0 Å². The first kappa shape index (κ1) is 15.3. The minimum atomic E-state index is -0.127. The van der Waals surface area contributed by atoms with Crippen LogP contribution in [-0.2, 0) is 13.0 Å². The Kier molecular flexibility index (Phi) is 5.58. The topological polar surface area (TPSA) is 54.3 Å². The Morgan fingerprint density at radius 1 is 1.14 bits per heavy atom. The summed E-state index contributed by atoms with van der Waals surface area (Å²) in [6, 6.07) is 9.60. The zero-order valence-electron chi connectivity index (χ0n) is 12.6. The molecule has 4 nitrogen and oxygen atoms in total. The predicted octanol–water partition coefficient (Wildman–Crippen LogP) is 3.59. The molecule has 21 heavy (non-hydrogen) atoms. The molecule has 0 saturated heterocycles. The van der Waals surface area contributed by atoms with Crippen molar-refractivity contribution < 1.29 is 9.21 Å². The summed E-state index contributed by atoms with van der Waals surface area (Å²) in [6.45, 7) is 5.97. The van der Waals surface area contributed by atoms with E-state index in [-0.39, 0.29) is 5.91 Å². The molecule has 0 spiro atoms. The third kappa shape index (κ3) is 4.20. The molecule has 0 atom stereocenters. The van der Waals surface area contributed by atoms with E-state index in [2.05, 4.69) is 17.6 Å². The molecule has 0 aliphatic carbocycles. The standard InChI is InChI=1S/C17H22N2O2/c1-3-10-18-12-13-5-7-14(8-6-13)19-17(20)15-9-11-21-16(15)4-2/h5-9,11,18H,3-4,10,12H2,1-2H3,(H,19,20). The SMILES string of the molecule is CCCNCc1ccc(NC(=O)c2ccoc2CC)cc1. The van der Waals surface area contributed by atoms with Gasteiger partial charge in [-0.15, -0.1) is 0 Å². The Morgan fingerprint density at radius 3 is 2.57 bits per heavy atom. The molecule has 4 heteroatoms. The van der Waals surface area contributed by atoms with Crippen molar-refractivity contribution in [3.05, 3.63) is 53.5 Å². The second-order valence-corrected chi connectivity index (χ2v) is 4.94. The fourth-order valence-electron chi connectivity index (χ4n) is 2.13. The number of hydrogen-bond donors (Lipinski definition) is 2. The first-order chi connectivity index (χ1) is 10.2. The van der Waals surface area contributed by atoms with Crippen molar-refractivity contribution in [1.29, 1.82) is 0 Å². The summed E-state index contributed by atoms with van der Waals surface area (Å²) in [5.74, 6) is 0.588. The lowest BCUT2D eigenvalue weighted by atomic mass is 10.1. The van der Waals surface area contributed by atoms with Crippen LogP contribution in [0.15, 0.2) is 41.0 Å². The zero-order valence-corrected chi connectivity index (χ0v) is 12.6. The van der Waals surface area contributed by atoms with Crippen molar-refractivity contribution >= 4 is 11.6 Å². The maximum absolute atomic E-state index is 12.2. The molecular formula is C17H22N2O2. The first-order valence-electron chi connectivity index (χ1n) is 7.42. The molecule has 1 amide bonds. The van der Waals surface area contributed by atoms with Crippen molar-refractivity contribution in [2.75, 3.05) is 11.9 Å². The summed E-state index contributed by atoms with van der Waals surface area (Å²) < 4.78 is 5.28. The van der Waals surface area contributed by atoms with Crippen molar-refractivity contribution in [3.8, 4) is 0 Å². The molecule has 0 radical (unpaired) electrons. The number of nitrogens with one attached hydrogen (secondary N) is 2. The van der Waals surface area contributed by atoms with Crippen LogP contribution in [0.2, 0.25) is 0 Å². The predicted molar refractivity (Wildman–Crippen MR) is 84.5 cm³/mol. The fraction of sp³-hybridized carbons (Fsp3) is 0.353. The van der Waals surface area contributed by atoms with Crippen molar-refractivity contribution in [3.63, 3.8) is 0 Å². The summed E-state index contributed by atoms with van der Waals surface area (Å²) in [5, 5.41) is 6.24. The maximum Gasteiger partial charge on any atom is 0.259 e. The first-order valence-corrected chi connectivity index (χ1v) is 7.42. The van der Waals surface area contributed by atoms with Crippen molar-refractivity contribution in [2.45, 2.75) is 33.2 Å². The third-order valence-corrected chi connectivity index (χ3v) is 3.28. The van der Waals surface area contributed by atoms with Crippen LogP contribution in [0, 0.1) is 0 Å². The van der Waals surface area contributed by atoms with E-state index in [9.17, 15) is 4.79 Å². The van der Waals surface area contributed by atoms with E-state index in [1.54, 1.807) is 12.3 Å². The zero-order chi connectivity index (χ0) is 15.1. The van der Waals surface area contributed by atoms with E-state index in [4.69, 9.17) is 4.42 Å². The second-order valence-electron chi connectivity index (χ2n) is 4.94. The monoisotopic (exact) mass is 286 g/mol. The van der Waals surface area contributed by atoms with Crippen molar-refractivity contribution in [2.24, 2.45) is 0 Å². The van der Waals surface area contributed by atoms with Gasteiger partial charge in [-0.05, 0) is 36.7 Å². The summed E-state index contributed by atoms with van der Waals surface area (Å²) in [7, 11) is 0. The Hall–Kier alpha value is -2.07. The maximum atomic E-state index is 12.2. The molecule has 0 fully saturated rings. The van der Waals surface area contributed by atoms with Gasteiger partial charge < -0.3 is 15.1 Å². The molecule has 1 aromatic heterocycles. The van der Waals surface area contributed by atoms with Gasteiger partial charge in [-0.2, -0.15) is 0 Å². The Balaban J connectivity index is 1.95. The summed E-state index contributed by atoms with van der Waals surface area (Å²) in [4.78, 5) is 12.2. The van der Waals surface area contributed by atoms with E-state index in [1.165, 1.54) is 5.56 Å². The van der Waals surface area contributed by atoms with Crippen molar-refractivity contribution in [1.82, 2.24) is 5.32 Å². The molecule has 2 rings (SSSR count). The quantitative estimate of drug-likeness (QED) is 0.765. The third-order valence-electron chi connectivity index (χ3n) is 3.28. The van der Waals surface area contributed by atoms with Gasteiger partial charge >= 0.3 is 0 Å². The lowest BCUT2D eigenvalue weighted by molar-refractivity contribution is 0.102. The smallest absolute Gasteiger partial charge is 0.259 e.